The van der Waals surface area contributed by atoms with Crippen LogP contribution in [0, 0.1) is 0 Å². The molecule has 2 aromatic carbocycles. The lowest BCUT2D eigenvalue weighted by Gasteiger charge is -2.22. The maximum atomic E-state index is 13.0. The van der Waals surface area contributed by atoms with Crippen LogP contribution in [0.1, 0.15) is 28.4 Å². The zero-order valence-corrected chi connectivity index (χ0v) is 20.5. The number of esters is 1. The Morgan fingerprint density at radius 2 is 1.61 bits per heavy atom. The lowest BCUT2D eigenvalue weighted by Crippen LogP contribution is -2.22. The summed E-state index contributed by atoms with van der Waals surface area (Å²) in [5.74, 6) is 1.13. The zero-order chi connectivity index (χ0) is 26.5. The van der Waals surface area contributed by atoms with Crippen molar-refractivity contribution in [1.29, 1.82) is 0 Å². The average molecular weight is 505 g/mol. The number of benzene rings is 2. The van der Waals surface area contributed by atoms with Gasteiger partial charge in [0.05, 0.1) is 33.5 Å². The molecule has 0 N–H and O–H groups in total. The molecule has 0 saturated carbocycles. The van der Waals surface area contributed by atoms with Crippen LogP contribution in [0.3, 0.4) is 0 Å². The number of halogens is 3. The predicted molar refractivity (Wildman–Crippen MR) is 127 cm³/mol. The first-order valence-corrected chi connectivity index (χ1v) is 10.8. The van der Waals surface area contributed by atoms with E-state index in [0.717, 1.165) is 17.7 Å². The second-order valence-electron chi connectivity index (χ2n) is 7.62. The van der Waals surface area contributed by atoms with Crippen LogP contribution in [0.4, 0.5) is 19.0 Å². The molecule has 3 rings (SSSR count). The first-order valence-electron chi connectivity index (χ1n) is 10.8. The molecule has 192 valence electrons. The number of alkyl halides is 3. The number of hydrogen-bond donors (Lipinski definition) is 0. The fourth-order valence-corrected chi connectivity index (χ4v) is 3.54. The number of aromatic nitrogens is 2. The predicted octanol–water partition coefficient (Wildman–Crippen LogP) is 5.00. The molecule has 0 aliphatic heterocycles. The minimum absolute atomic E-state index is 0.113. The van der Waals surface area contributed by atoms with Crippen LogP contribution < -0.4 is 19.1 Å². The average Bonchev–Trinajstić information content (AvgIpc) is 2.87. The number of nitrogens with zero attached hydrogens (tertiary/aromatic N) is 3. The summed E-state index contributed by atoms with van der Waals surface area (Å²) in [7, 11) is 6.22. The number of carbonyl (C=O) groups is 1. The maximum Gasteiger partial charge on any atom is 0.416 e. The quantitative estimate of drug-likeness (QED) is 0.376. The van der Waals surface area contributed by atoms with E-state index in [1.807, 2.05) is 0 Å². The fraction of sp³-hybridized carbons (Fsp3) is 0.320. The van der Waals surface area contributed by atoms with Crippen LogP contribution in [0.25, 0.3) is 11.4 Å². The van der Waals surface area contributed by atoms with E-state index in [1.165, 1.54) is 39.7 Å². The van der Waals surface area contributed by atoms with E-state index in [0.29, 0.717) is 22.8 Å². The molecule has 36 heavy (non-hydrogen) atoms. The molecule has 8 nitrogen and oxygen atoms in total. The van der Waals surface area contributed by atoms with Crippen LogP contribution in [-0.4, -0.2) is 50.9 Å². The van der Waals surface area contributed by atoms with Crippen molar-refractivity contribution in [2.75, 3.05) is 39.9 Å². The third-order valence-electron chi connectivity index (χ3n) is 5.24. The highest BCUT2D eigenvalue weighted by atomic mass is 19.4. The molecular formula is C25H26F3N3O5. The Balaban J connectivity index is 2.02. The van der Waals surface area contributed by atoms with Gasteiger partial charge < -0.3 is 23.8 Å². The smallest absolute Gasteiger partial charge is 0.416 e. The Morgan fingerprint density at radius 3 is 2.11 bits per heavy atom. The van der Waals surface area contributed by atoms with Crippen molar-refractivity contribution >= 4 is 11.8 Å². The van der Waals surface area contributed by atoms with Gasteiger partial charge in [0.25, 0.3) is 0 Å². The van der Waals surface area contributed by atoms with Gasteiger partial charge in [-0.25, -0.2) is 14.8 Å². The molecule has 1 aromatic heterocycles. The van der Waals surface area contributed by atoms with E-state index in [1.54, 1.807) is 31.0 Å². The minimum atomic E-state index is -4.46. The van der Waals surface area contributed by atoms with Crippen LogP contribution in [0.2, 0.25) is 0 Å². The number of rotatable bonds is 9. The van der Waals surface area contributed by atoms with Crippen LogP contribution >= 0.6 is 0 Å². The Labute approximate surface area is 206 Å². The van der Waals surface area contributed by atoms with Crippen molar-refractivity contribution in [1.82, 2.24) is 9.97 Å². The molecule has 0 amide bonds. The molecule has 0 unspecified atom stereocenters. The third-order valence-corrected chi connectivity index (χ3v) is 5.24. The third kappa shape index (κ3) is 5.78. The maximum absolute atomic E-state index is 13.0. The Bertz CT molecular complexity index is 1190. The van der Waals surface area contributed by atoms with Crippen LogP contribution in [0.5, 0.6) is 17.2 Å². The van der Waals surface area contributed by atoms with Crippen molar-refractivity contribution in [3.05, 3.63) is 59.3 Å². The SMILES string of the molecule is CCOC(=O)c1cnc(-c2ccc(C(F)(F)F)cc2)nc1N(C)Cc1cc(OC)c(OC)c(OC)c1. The zero-order valence-electron chi connectivity index (χ0n) is 20.5. The topological polar surface area (TPSA) is 83.0 Å². The van der Waals surface area contributed by atoms with Gasteiger partial charge in [0.1, 0.15) is 11.4 Å². The first kappa shape index (κ1) is 26.6. The van der Waals surface area contributed by atoms with Crippen molar-refractivity contribution < 1.29 is 36.9 Å². The molecule has 0 bridgehead atoms. The lowest BCUT2D eigenvalue weighted by atomic mass is 10.1. The summed E-state index contributed by atoms with van der Waals surface area (Å²) >= 11 is 0. The monoisotopic (exact) mass is 505 g/mol. The van der Waals surface area contributed by atoms with Gasteiger partial charge in [0.15, 0.2) is 17.3 Å². The summed E-state index contributed by atoms with van der Waals surface area (Å²) in [5, 5.41) is 0. The molecule has 0 atom stereocenters. The van der Waals surface area contributed by atoms with Crippen molar-refractivity contribution in [2.24, 2.45) is 0 Å². The highest BCUT2D eigenvalue weighted by Gasteiger charge is 2.30. The standard InChI is InChI=1S/C25H26F3N3O5/c1-6-36-24(32)18-13-29-22(16-7-9-17(10-8-16)25(26,27)28)30-23(18)31(2)14-15-11-19(33-3)21(35-5)20(12-15)34-4/h7-13H,6,14H2,1-5H3. The summed E-state index contributed by atoms with van der Waals surface area (Å²) in [5.41, 5.74) is 0.453. The highest BCUT2D eigenvalue weighted by molar-refractivity contribution is 5.94. The normalized spacial score (nSPS) is 11.1. The summed E-state index contributed by atoms with van der Waals surface area (Å²) in [4.78, 5) is 23.0. The van der Waals surface area contributed by atoms with Gasteiger partial charge in [-0.05, 0) is 36.8 Å². The molecule has 0 fully saturated rings. The number of anilines is 1. The van der Waals surface area contributed by atoms with Crippen molar-refractivity contribution in [2.45, 2.75) is 19.6 Å². The van der Waals surface area contributed by atoms with Gasteiger partial charge in [0, 0.05) is 25.4 Å². The molecule has 0 saturated heterocycles. The number of methoxy groups -OCH3 is 3. The van der Waals surface area contributed by atoms with Gasteiger partial charge in [-0.3, -0.25) is 0 Å². The van der Waals surface area contributed by atoms with Crippen molar-refractivity contribution in [3.63, 3.8) is 0 Å². The van der Waals surface area contributed by atoms with E-state index in [9.17, 15) is 18.0 Å². The lowest BCUT2D eigenvalue weighted by molar-refractivity contribution is -0.137. The molecule has 11 heteroatoms. The Morgan fingerprint density at radius 1 is 1.00 bits per heavy atom. The van der Waals surface area contributed by atoms with Gasteiger partial charge in [-0.2, -0.15) is 13.2 Å². The van der Waals surface area contributed by atoms with E-state index < -0.39 is 17.7 Å². The van der Waals surface area contributed by atoms with Crippen LogP contribution in [0.15, 0.2) is 42.6 Å². The number of carbonyl (C=O) groups excluding carboxylic acids is 1. The van der Waals surface area contributed by atoms with Gasteiger partial charge in [-0.15, -0.1) is 0 Å². The number of hydrogen-bond acceptors (Lipinski definition) is 8. The summed E-state index contributed by atoms with van der Waals surface area (Å²) in [6, 6.07) is 8.00. The highest BCUT2D eigenvalue weighted by Crippen LogP contribution is 2.39. The van der Waals surface area contributed by atoms with Crippen molar-refractivity contribution in [3.8, 4) is 28.6 Å². The van der Waals surface area contributed by atoms with Gasteiger partial charge in [0.2, 0.25) is 5.75 Å². The van der Waals surface area contributed by atoms with Crippen LogP contribution in [-0.2, 0) is 17.5 Å². The summed E-state index contributed by atoms with van der Waals surface area (Å²) in [6.45, 7) is 2.09. The van der Waals surface area contributed by atoms with Gasteiger partial charge >= 0.3 is 12.1 Å². The summed E-state index contributed by atoms with van der Waals surface area (Å²) < 4.78 is 60.2. The molecule has 0 radical (unpaired) electrons. The fourth-order valence-electron chi connectivity index (χ4n) is 3.54. The second-order valence-corrected chi connectivity index (χ2v) is 7.62. The molecule has 1 heterocycles. The number of ether oxygens (including phenoxy) is 4. The van der Waals surface area contributed by atoms with Gasteiger partial charge in [-0.1, -0.05) is 12.1 Å². The summed E-state index contributed by atoms with van der Waals surface area (Å²) in [6.07, 6.45) is -3.15. The second kappa shape index (κ2) is 11.1. The van der Waals surface area contributed by atoms with E-state index in [4.69, 9.17) is 18.9 Å². The van der Waals surface area contributed by atoms with E-state index in [-0.39, 0.29) is 30.4 Å². The largest absolute Gasteiger partial charge is 0.493 e. The molecule has 0 spiro atoms. The first-order chi connectivity index (χ1) is 17.1. The molecular weight excluding hydrogens is 479 g/mol. The van der Waals surface area contributed by atoms with E-state index >= 15 is 0 Å². The Hall–Kier alpha value is -4.02. The van der Waals surface area contributed by atoms with E-state index in [2.05, 4.69) is 9.97 Å². The molecule has 0 aliphatic carbocycles. The molecule has 0 aliphatic rings. The molecule has 3 aromatic rings. The Kier molecular flexibility index (Phi) is 8.23. The minimum Gasteiger partial charge on any atom is -0.493 e.